The summed E-state index contributed by atoms with van der Waals surface area (Å²) in [6.45, 7) is 1.64. The Labute approximate surface area is 177 Å². The van der Waals surface area contributed by atoms with Gasteiger partial charge in [0.25, 0.3) is 5.91 Å². The molecule has 0 saturated carbocycles. The first-order valence-corrected chi connectivity index (χ1v) is 10.1. The van der Waals surface area contributed by atoms with Gasteiger partial charge in [-0.05, 0) is 17.7 Å². The molecule has 3 heterocycles. The van der Waals surface area contributed by atoms with Crippen molar-refractivity contribution in [3.8, 4) is 0 Å². The van der Waals surface area contributed by atoms with Crippen LogP contribution in [0.5, 0.6) is 0 Å². The lowest BCUT2D eigenvalue weighted by molar-refractivity contribution is -0.131. The predicted molar refractivity (Wildman–Crippen MR) is 114 cm³/mol. The first kappa shape index (κ1) is 19.2. The Morgan fingerprint density at radius 2 is 1.74 bits per heavy atom. The zero-order valence-electron chi connectivity index (χ0n) is 16.7. The third-order valence-corrected chi connectivity index (χ3v) is 5.71. The Hall–Kier alpha value is -3.81. The van der Waals surface area contributed by atoms with Crippen molar-refractivity contribution in [2.75, 3.05) is 26.2 Å². The number of nitrogens with one attached hydrogen (secondary N) is 1. The van der Waals surface area contributed by atoms with Gasteiger partial charge < -0.3 is 14.8 Å². The third-order valence-electron chi connectivity index (χ3n) is 5.71. The minimum absolute atomic E-state index is 0.0268. The lowest BCUT2D eigenvalue weighted by Crippen LogP contribution is -2.51. The summed E-state index contributed by atoms with van der Waals surface area (Å²) in [4.78, 5) is 40.7. The van der Waals surface area contributed by atoms with Crippen LogP contribution in [-0.4, -0.2) is 62.7 Å². The zero-order valence-corrected chi connectivity index (χ0v) is 16.7. The standard InChI is InChI=1S/C23H20FN5O2/c24-16-12-18(22-20(13-16)25-5-6-26-22)23(31)29-9-7-28(8-10-29)21(30)11-15-14-27-19-4-2-1-3-17(15)19/h1-6,12-14,27H,7-11H2. The number of piperazine rings is 1. The molecule has 2 aromatic heterocycles. The molecule has 5 rings (SSSR count). The van der Waals surface area contributed by atoms with E-state index in [0.29, 0.717) is 43.6 Å². The van der Waals surface area contributed by atoms with Crippen LogP contribution in [0.4, 0.5) is 4.39 Å². The van der Waals surface area contributed by atoms with Crippen LogP contribution in [0.1, 0.15) is 15.9 Å². The predicted octanol–water partition coefficient (Wildman–Crippen LogP) is 2.78. The molecule has 7 nitrogen and oxygen atoms in total. The Bertz CT molecular complexity index is 1290. The molecule has 0 radical (unpaired) electrons. The molecule has 0 atom stereocenters. The van der Waals surface area contributed by atoms with Crippen LogP contribution in [0.15, 0.2) is 55.0 Å². The number of benzene rings is 2. The van der Waals surface area contributed by atoms with Crippen LogP contribution < -0.4 is 0 Å². The molecule has 2 aromatic carbocycles. The summed E-state index contributed by atoms with van der Waals surface area (Å²) in [6.07, 6.45) is 5.13. The lowest BCUT2D eigenvalue weighted by Gasteiger charge is -2.35. The molecule has 2 amide bonds. The van der Waals surface area contributed by atoms with E-state index in [1.54, 1.807) is 9.80 Å². The second kappa shape index (κ2) is 7.79. The van der Waals surface area contributed by atoms with E-state index in [2.05, 4.69) is 15.0 Å². The highest BCUT2D eigenvalue weighted by atomic mass is 19.1. The fourth-order valence-electron chi connectivity index (χ4n) is 4.09. The van der Waals surface area contributed by atoms with E-state index < -0.39 is 5.82 Å². The molecule has 1 saturated heterocycles. The van der Waals surface area contributed by atoms with E-state index in [9.17, 15) is 14.0 Å². The molecule has 156 valence electrons. The smallest absolute Gasteiger partial charge is 0.256 e. The van der Waals surface area contributed by atoms with Gasteiger partial charge in [-0.15, -0.1) is 0 Å². The van der Waals surface area contributed by atoms with Crippen molar-refractivity contribution >= 4 is 33.8 Å². The van der Waals surface area contributed by atoms with Crippen LogP contribution in [0.25, 0.3) is 21.9 Å². The van der Waals surface area contributed by atoms with E-state index in [1.165, 1.54) is 24.5 Å². The maximum atomic E-state index is 14.0. The number of halogens is 1. The minimum atomic E-state index is -0.524. The van der Waals surface area contributed by atoms with Crippen LogP contribution in [0.3, 0.4) is 0 Å². The highest BCUT2D eigenvalue weighted by Gasteiger charge is 2.27. The number of carbonyl (C=O) groups excluding carboxylic acids is 2. The number of carbonyl (C=O) groups is 2. The molecule has 1 aliphatic heterocycles. The van der Waals surface area contributed by atoms with E-state index in [1.807, 2.05) is 30.5 Å². The van der Waals surface area contributed by atoms with Gasteiger partial charge in [0, 0.05) is 61.7 Å². The first-order chi connectivity index (χ1) is 15.1. The van der Waals surface area contributed by atoms with E-state index in [4.69, 9.17) is 0 Å². The third kappa shape index (κ3) is 3.61. The van der Waals surface area contributed by atoms with Gasteiger partial charge >= 0.3 is 0 Å². The van der Waals surface area contributed by atoms with Gasteiger partial charge in [-0.25, -0.2) is 4.39 Å². The van der Waals surface area contributed by atoms with Gasteiger partial charge in [0.05, 0.1) is 17.5 Å². The molecule has 4 aromatic rings. The summed E-state index contributed by atoms with van der Waals surface area (Å²) >= 11 is 0. The topological polar surface area (TPSA) is 82.2 Å². The van der Waals surface area contributed by atoms with Crippen LogP contribution in [0.2, 0.25) is 0 Å². The van der Waals surface area contributed by atoms with Gasteiger partial charge in [0.15, 0.2) is 0 Å². The molecule has 0 bridgehead atoms. The van der Waals surface area contributed by atoms with Crippen molar-refractivity contribution < 1.29 is 14.0 Å². The number of para-hydroxylation sites is 1. The van der Waals surface area contributed by atoms with E-state index in [0.717, 1.165) is 16.5 Å². The number of fused-ring (bicyclic) bond motifs is 2. The summed E-state index contributed by atoms with van der Waals surface area (Å²) in [5.74, 6) is -0.795. The quantitative estimate of drug-likeness (QED) is 0.556. The number of aromatic nitrogens is 3. The number of H-pyrrole nitrogens is 1. The van der Waals surface area contributed by atoms with E-state index in [-0.39, 0.29) is 17.4 Å². The Kier molecular flexibility index (Phi) is 4.82. The lowest BCUT2D eigenvalue weighted by atomic mass is 10.1. The van der Waals surface area contributed by atoms with Crippen LogP contribution in [-0.2, 0) is 11.2 Å². The second-order valence-corrected chi connectivity index (χ2v) is 7.59. The summed E-state index contributed by atoms with van der Waals surface area (Å²) in [5.41, 5.74) is 2.89. The average Bonchev–Trinajstić information content (AvgIpc) is 3.21. The minimum Gasteiger partial charge on any atom is -0.361 e. The van der Waals surface area contributed by atoms with Crippen LogP contribution in [0, 0.1) is 5.82 Å². The van der Waals surface area contributed by atoms with Gasteiger partial charge in [0.1, 0.15) is 11.3 Å². The van der Waals surface area contributed by atoms with E-state index >= 15 is 0 Å². The number of hydrogen-bond acceptors (Lipinski definition) is 4. The second-order valence-electron chi connectivity index (χ2n) is 7.59. The molecule has 8 heteroatoms. The molecular weight excluding hydrogens is 397 g/mol. The monoisotopic (exact) mass is 417 g/mol. The molecule has 0 spiro atoms. The maximum Gasteiger partial charge on any atom is 0.256 e. The summed E-state index contributed by atoms with van der Waals surface area (Å²) in [6, 6.07) is 10.4. The van der Waals surface area contributed by atoms with Gasteiger partial charge in [-0.1, -0.05) is 18.2 Å². The number of hydrogen-bond donors (Lipinski definition) is 1. The fourth-order valence-corrected chi connectivity index (χ4v) is 4.09. The van der Waals surface area contributed by atoms with Gasteiger partial charge in [-0.2, -0.15) is 0 Å². The van der Waals surface area contributed by atoms with Crippen molar-refractivity contribution in [3.63, 3.8) is 0 Å². The maximum absolute atomic E-state index is 14.0. The van der Waals surface area contributed by atoms with Crippen molar-refractivity contribution in [2.24, 2.45) is 0 Å². The summed E-state index contributed by atoms with van der Waals surface area (Å²) < 4.78 is 14.0. The van der Waals surface area contributed by atoms with Crippen molar-refractivity contribution in [3.05, 3.63) is 71.9 Å². The molecular formula is C23H20FN5O2. The molecule has 0 aliphatic carbocycles. The van der Waals surface area contributed by atoms with Crippen LogP contribution >= 0.6 is 0 Å². The van der Waals surface area contributed by atoms with Gasteiger partial charge in [-0.3, -0.25) is 19.6 Å². The van der Waals surface area contributed by atoms with Crippen molar-refractivity contribution in [2.45, 2.75) is 6.42 Å². The number of amides is 2. The molecule has 0 unspecified atom stereocenters. The normalized spacial score (nSPS) is 14.4. The first-order valence-electron chi connectivity index (χ1n) is 10.1. The molecule has 1 aliphatic rings. The SMILES string of the molecule is O=C(Cc1c[nH]c2ccccc12)N1CCN(C(=O)c2cc(F)cc3nccnc23)CC1. The Morgan fingerprint density at radius 3 is 2.58 bits per heavy atom. The summed E-state index contributed by atoms with van der Waals surface area (Å²) in [7, 11) is 0. The van der Waals surface area contributed by atoms with Crippen molar-refractivity contribution in [1.82, 2.24) is 24.8 Å². The molecule has 31 heavy (non-hydrogen) atoms. The largest absolute Gasteiger partial charge is 0.361 e. The molecule has 1 fully saturated rings. The number of nitrogens with zero attached hydrogens (tertiary/aromatic N) is 4. The zero-order chi connectivity index (χ0) is 21.4. The van der Waals surface area contributed by atoms with Crippen molar-refractivity contribution in [1.29, 1.82) is 0 Å². The number of rotatable bonds is 3. The van der Waals surface area contributed by atoms with Gasteiger partial charge in [0.2, 0.25) is 5.91 Å². The fraction of sp³-hybridized carbons (Fsp3) is 0.217. The average molecular weight is 417 g/mol. The Balaban J connectivity index is 1.27. The highest BCUT2D eigenvalue weighted by Crippen LogP contribution is 2.21. The summed E-state index contributed by atoms with van der Waals surface area (Å²) in [5, 5.41) is 1.05. The Morgan fingerprint density at radius 1 is 1.00 bits per heavy atom. The number of aromatic amines is 1. The highest BCUT2D eigenvalue weighted by molar-refractivity contribution is 6.04. The molecule has 1 N–H and O–H groups in total.